The monoisotopic (exact) mass is 446 g/mol. The number of primary amides is 1. The molecule has 33 heavy (non-hydrogen) atoms. The number of carbonyl (C=O) groups excluding carboxylic acids is 2. The van der Waals surface area contributed by atoms with Crippen LogP contribution in [0.1, 0.15) is 39.1 Å². The smallest absolute Gasteiger partial charge is 0.254 e. The molecule has 8 nitrogen and oxygen atoms in total. The Balaban J connectivity index is 1.76. The highest BCUT2D eigenvalue weighted by Gasteiger charge is 2.23. The largest absolute Gasteiger partial charge is 0.378 e. The fraction of sp³-hybridized carbons (Fsp3) is 0.320. The van der Waals surface area contributed by atoms with E-state index in [1.807, 2.05) is 56.0 Å². The predicted octanol–water partition coefficient (Wildman–Crippen LogP) is 3.66. The van der Waals surface area contributed by atoms with E-state index >= 15 is 0 Å². The Bertz CT molecular complexity index is 1390. The molecule has 0 saturated carbocycles. The van der Waals surface area contributed by atoms with Gasteiger partial charge in [-0.2, -0.15) is 0 Å². The van der Waals surface area contributed by atoms with Gasteiger partial charge in [0.15, 0.2) is 0 Å². The van der Waals surface area contributed by atoms with Crippen LogP contribution in [0.25, 0.3) is 32.9 Å². The van der Waals surface area contributed by atoms with Crippen molar-refractivity contribution >= 4 is 33.6 Å². The first-order chi connectivity index (χ1) is 15.9. The molecule has 0 bridgehead atoms. The summed E-state index contributed by atoms with van der Waals surface area (Å²) in [6.07, 6.45) is 0. The molecule has 5 rings (SSSR count). The van der Waals surface area contributed by atoms with E-state index in [2.05, 4.69) is 9.72 Å². The van der Waals surface area contributed by atoms with Crippen molar-refractivity contribution in [1.29, 1.82) is 0 Å². The third-order valence-corrected chi connectivity index (χ3v) is 6.41. The Morgan fingerprint density at radius 3 is 2.48 bits per heavy atom. The van der Waals surface area contributed by atoms with Crippen molar-refractivity contribution in [3.63, 3.8) is 0 Å². The number of carbonyl (C=O) groups is 2. The number of ether oxygens (including phenoxy) is 1. The molecule has 0 aliphatic carbocycles. The molecule has 2 amide bonds. The minimum Gasteiger partial charge on any atom is -0.378 e. The highest BCUT2D eigenvalue weighted by molar-refractivity contribution is 6.17. The van der Waals surface area contributed by atoms with Crippen LogP contribution in [0.5, 0.6) is 0 Å². The summed E-state index contributed by atoms with van der Waals surface area (Å²) in [5.74, 6) is 0.162. The number of aromatic nitrogens is 2. The Labute approximate surface area is 190 Å². The first-order valence-corrected chi connectivity index (χ1v) is 11.1. The summed E-state index contributed by atoms with van der Waals surface area (Å²) in [5.41, 5.74) is 11.0. The lowest BCUT2D eigenvalue weighted by atomic mass is 9.97. The maximum atomic E-state index is 13.1. The number of aryl methyl sites for hydroxylation is 3. The van der Waals surface area contributed by atoms with Crippen LogP contribution in [0.3, 0.4) is 0 Å². The molecule has 1 saturated heterocycles. The van der Waals surface area contributed by atoms with Gasteiger partial charge in [0.25, 0.3) is 11.8 Å². The molecular weight excluding hydrogens is 420 g/mol. The first-order valence-electron chi connectivity index (χ1n) is 11.1. The number of amides is 2. The normalized spacial score (nSPS) is 14.3. The molecule has 0 spiro atoms. The predicted molar refractivity (Wildman–Crippen MR) is 125 cm³/mol. The Kier molecular flexibility index (Phi) is 5.17. The van der Waals surface area contributed by atoms with Crippen LogP contribution in [0.15, 0.2) is 34.9 Å². The summed E-state index contributed by atoms with van der Waals surface area (Å²) in [6, 6.07) is 9.58. The second-order valence-electron chi connectivity index (χ2n) is 8.36. The second-order valence-corrected chi connectivity index (χ2v) is 8.36. The minimum atomic E-state index is -0.504. The Morgan fingerprint density at radius 2 is 1.85 bits per heavy atom. The van der Waals surface area contributed by atoms with Gasteiger partial charge in [-0.25, -0.2) is 0 Å². The van der Waals surface area contributed by atoms with Crippen molar-refractivity contribution in [1.82, 2.24) is 14.6 Å². The van der Waals surface area contributed by atoms with Crippen LogP contribution in [0.2, 0.25) is 0 Å². The third-order valence-electron chi connectivity index (χ3n) is 6.41. The van der Waals surface area contributed by atoms with Gasteiger partial charge < -0.3 is 24.5 Å². The number of hydrogen-bond acceptors (Lipinski definition) is 5. The number of nitrogens with zero attached hydrogens (tertiary/aromatic N) is 3. The van der Waals surface area contributed by atoms with Crippen LogP contribution in [0, 0.1) is 13.8 Å². The minimum absolute atomic E-state index is 0.0142. The van der Waals surface area contributed by atoms with Crippen LogP contribution in [0.4, 0.5) is 0 Å². The van der Waals surface area contributed by atoms with Crippen molar-refractivity contribution in [3.05, 3.63) is 52.9 Å². The van der Waals surface area contributed by atoms with Gasteiger partial charge >= 0.3 is 0 Å². The first kappa shape index (κ1) is 21.2. The highest BCUT2D eigenvalue weighted by Crippen LogP contribution is 2.37. The van der Waals surface area contributed by atoms with Crippen molar-refractivity contribution in [2.75, 3.05) is 26.3 Å². The molecule has 1 fully saturated rings. The van der Waals surface area contributed by atoms with Gasteiger partial charge in [-0.3, -0.25) is 9.59 Å². The van der Waals surface area contributed by atoms with Crippen LogP contribution in [-0.2, 0) is 11.3 Å². The number of hydrogen-bond donors (Lipinski definition) is 1. The maximum absolute atomic E-state index is 13.1. The van der Waals surface area contributed by atoms with Crippen LogP contribution >= 0.6 is 0 Å². The fourth-order valence-electron chi connectivity index (χ4n) is 4.87. The molecule has 2 aromatic carbocycles. The molecule has 8 heteroatoms. The van der Waals surface area contributed by atoms with E-state index in [0.29, 0.717) is 49.7 Å². The molecule has 4 aromatic rings. The van der Waals surface area contributed by atoms with E-state index in [9.17, 15) is 9.59 Å². The highest BCUT2D eigenvalue weighted by atomic mass is 16.5. The lowest BCUT2D eigenvalue weighted by Gasteiger charge is -2.26. The summed E-state index contributed by atoms with van der Waals surface area (Å²) in [6.45, 7) is 8.63. The second kappa shape index (κ2) is 8.04. The lowest BCUT2D eigenvalue weighted by Crippen LogP contribution is -2.40. The molecule has 1 aliphatic rings. The topological polar surface area (TPSA) is 104 Å². The molecule has 2 N–H and O–H groups in total. The number of benzene rings is 2. The number of morpholine rings is 1. The number of nitrogens with two attached hydrogens (primary N) is 1. The van der Waals surface area contributed by atoms with Crippen molar-refractivity contribution in [2.45, 2.75) is 27.3 Å². The molecule has 0 atom stereocenters. The summed E-state index contributed by atoms with van der Waals surface area (Å²) in [7, 11) is 0. The van der Waals surface area contributed by atoms with Gasteiger partial charge in [-0.15, -0.1) is 0 Å². The Morgan fingerprint density at radius 1 is 1.09 bits per heavy atom. The van der Waals surface area contributed by atoms with Crippen molar-refractivity contribution in [3.8, 4) is 11.1 Å². The molecular formula is C25H26N4O4. The van der Waals surface area contributed by atoms with Crippen molar-refractivity contribution in [2.24, 2.45) is 5.73 Å². The molecule has 170 valence electrons. The van der Waals surface area contributed by atoms with Gasteiger partial charge in [0.1, 0.15) is 5.76 Å². The van der Waals surface area contributed by atoms with E-state index in [1.54, 1.807) is 0 Å². The number of rotatable bonds is 4. The van der Waals surface area contributed by atoms with Crippen LogP contribution in [-0.4, -0.2) is 52.7 Å². The maximum Gasteiger partial charge on any atom is 0.254 e. The van der Waals surface area contributed by atoms with Gasteiger partial charge in [0.05, 0.1) is 30.0 Å². The summed E-state index contributed by atoms with van der Waals surface area (Å²) >= 11 is 0. The molecule has 0 unspecified atom stereocenters. The summed E-state index contributed by atoms with van der Waals surface area (Å²) in [4.78, 5) is 27.4. The van der Waals surface area contributed by atoms with E-state index < -0.39 is 5.91 Å². The average molecular weight is 447 g/mol. The van der Waals surface area contributed by atoms with E-state index in [1.165, 1.54) is 0 Å². The van der Waals surface area contributed by atoms with Gasteiger partial charge in [0, 0.05) is 47.1 Å². The zero-order chi connectivity index (χ0) is 23.3. The lowest BCUT2D eigenvalue weighted by molar-refractivity contribution is 0.0303. The SMILES string of the molecule is CCn1c2cc(C(=O)N3CCOCC3)ccc2c2cc(-c3c(C)noc3C)cc(C(N)=O)c21. The molecule has 1 aliphatic heterocycles. The third kappa shape index (κ3) is 3.38. The van der Waals surface area contributed by atoms with E-state index in [-0.39, 0.29) is 5.91 Å². The molecule has 3 heterocycles. The fourth-order valence-corrected chi connectivity index (χ4v) is 4.87. The van der Waals surface area contributed by atoms with Gasteiger partial charge in [0.2, 0.25) is 0 Å². The van der Waals surface area contributed by atoms with Crippen molar-refractivity contribution < 1.29 is 18.8 Å². The average Bonchev–Trinajstić information content (AvgIpc) is 3.33. The number of fused-ring (bicyclic) bond motifs is 3. The van der Waals surface area contributed by atoms with Gasteiger partial charge in [-0.05, 0) is 50.6 Å². The van der Waals surface area contributed by atoms with Gasteiger partial charge in [-0.1, -0.05) is 11.2 Å². The van der Waals surface area contributed by atoms with E-state index in [0.717, 1.165) is 38.6 Å². The summed E-state index contributed by atoms with van der Waals surface area (Å²) in [5, 5.41) is 5.92. The van der Waals surface area contributed by atoms with Crippen LogP contribution < -0.4 is 5.73 Å². The zero-order valence-corrected chi connectivity index (χ0v) is 19.0. The molecule has 2 aromatic heterocycles. The zero-order valence-electron chi connectivity index (χ0n) is 19.0. The summed E-state index contributed by atoms with van der Waals surface area (Å²) < 4.78 is 12.8. The quantitative estimate of drug-likeness (QED) is 0.515. The Hall–Kier alpha value is -3.65. The standard InChI is InChI=1S/C25H26N4O4/c1-4-29-21-13-16(25(31)28-7-9-32-10-8-28)5-6-18(21)19-11-17(12-20(23(19)29)24(26)30)22-14(2)27-33-15(22)3/h5-6,11-13H,4,7-10H2,1-3H3,(H2,26,30). The molecule has 0 radical (unpaired) electrons. The van der Waals surface area contributed by atoms with E-state index in [4.69, 9.17) is 15.0 Å².